The first-order chi connectivity index (χ1) is 8.72. The fraction of sp³-hybridized carbons (Fsp3) is 1.00. The molecular formula is C7H9F8O4P. The van der Waals surface area contributed by atoms with Crippen LogP contribution < -0.4 is 0 Å². The second-order valence-electron chi connectivity index (χ2n) is 3.40. The summed E-state index contributed by atoms with van der Waals surface area (Å²) in [5.41, 5.74) is 0. The van der Waals surface area contributed by atoms with Crippen LogP contribution >= 0.6 is 7.60 Å². The topological polar surface area (TPSA) is 55.8 Å². The van der Waals surface area contributed by atoms with Gasteiger partial charge in [0.1, 0.15) is 0 Å². The number of hydrogen-bond donors (Lipinski definition) is 1. The Labute approximate surface area is 107 Å². The molecule has 0 aliphatic carbocycles. The molecular weight excluding hydrogens is 331 g/mol. The zero-order valence-electron chi connectivity index (χ0n) is 9.80. The Kier molecular flexibility index (Phi) is 5.61. The standard InChI is InChI=1S/C7H9F8O4P/c1-18-20(17,19-2)4(16)6(12,13)7(14,15)5(10,11)3(8)9/h3-4,16H,1-2H3/t4-/m1/s1. The minimum atomic E-state index is -6.71. The van der Waals surface area contributed by atoms with Gasteiger partial charge in [0, 0.05) is 14.2 Å². The Hall–Kier alpha value is -0.450. The van der Waals surface area contributed by atoms with Gasteiger partial charge in [-0.3, -0.25) is 4.57 Å². The summed E-state index contributed by atoms with van der Waals surface area (Å²) in [6.45, 7) is 0. The van der Waals surface area contributed by atoms with E-state index in [1.165, 1.54) is 0 Å². The van der Waals surface area contributed by atoms with Crippen LogP contribution in [0.4, 0.5) is 35.1 Å². The third kappa shape index (κ3) is 2.78. The van der Waals surface area contributed by atoms with Gasteiger partial charge >= 0.3 is 31.8 Å². The zero-order chi connectivity index (χ0) is 16.6. The van der Waals surface area contributed by atoms with Gasteiger partial charge in [-0.25, -0.2) is 8.78 Å². The van der Waals surface area contributed by atoms with Crippen molar-refractivity contribution in [1.82, 2.24) is 0 Å². The van der Waals surface area contributed by atoms with E-state index in [1.807, 2.05) is 0 Å². The van der Waals surface area contributed by atoms with Crippen LogP contribution in [0.2, 0.25) is 0 Å². The van der Waals surface area contributed by atoms with Crippen LogP contribution in [-0.4, -0.2) is 49.4 Å². The highest BCUT2D eigenvalue weighted by molar-refractivity contribution is 7.54. The number of aliphatic hydroxyl groups excluding tert-OH is 1. The van der Waals surface area contributed by atoms with Gasteiger partial charge in [-0.1, -0.05) is 0 Å². The minimum absolute atomic E-state index is 0.396. The Morgan fingerprint density at radius 3 is 1.55 bits per heavy atom. The van der Waals surface area contributed by atoms with Gasteiger partial charge in [0.15, 0.2) is 0 Å². The van der Waals surface area contributed by atoms with Gasteiger partial charge < -0.3 is 14.2 Å². The first-order valence-electron chi connectivity index (χ1n) is 4.53. The van der Waals surface area contributed by atoms with Crippen molar-refractivity contribution < 1.29 is 53.8 Å². The minimum Gasteiger partial charge on any atom is -0.376 e. The monoisotopic (exact) mass is 340 g/mol. The smallest absolute Gasteiger partial charge is 0.376 e. The zero-order valence-corrected chi connectivity index (χ0v) is 10.7. The van der Waals surface area contributed by atoms with Crippen molar-refractivity contribution >= 4 is 7.60 Å². The maximum absolute atomic E-state index is 13.2. The number of halogens is 8. The van der Waals surface area contributed by atoms with E-state index in [0.717, 1.165) is 0 Å². The molecule has 0 aromatic rings. The summed E-state index contributed by atoms with van der Waals surface area (Å²) >= 11 is 0. The summed E-state index contributed by atoms with van der Waals surface area (Å²) in [7, 11) is -4.55. The summed E-state index contributed by atoms with van der Waals surface area (Å²) in [6, 6.07) is 0. The molecule has 0 aliphatic heterocycles. The predicted molar refractivity (Wildman–Crippen MR) is 48.5 cm³/mol. The second kappa shape index (κ2) is 5.74. The van der Waals surface area contributed by atoms with Gasteiger partial charge in [-0.05, 0) is 0 Å². The summed E-state index contributed by atoms with van der Waals surface area (Å²) in [4.78, 5) is 0. The Balaban J connectivity index is 5.80. The van der Waals surface area contributed by atoms with Crippen LogP contribution in [0.5, 0.6) is 0 Å². The van der Waals surface area contributed by atoms with Crippen molar-refractivity contribution in [3.05, 3.63) is 0 Å². The van der Waals surface area contributed by atoms with Crippen LogP contribution in [0.15, 0.2) is 0 Å². The maximum Gasteiger partial charge on any atom is 0.381 e. The summed E-state index contributed by atoms with van der Waals surface area (Å²) < 4.78 is 120. The van der Waals surface area contributed by atoms with Crippen molar-refractivity contribution in [2.24, 2.45) is 0 Å². The van der Waals surface area contributed by atoms with Crippen molar-refractivity contribution in [2.45, 2.75) is 30.0 Å². The van der Waals surface area contributed by atoms with Gasteiger partial charge in [-0.2, -0.15) is 26.3 Å². The van der Waals surface area contributed by atoms with Gasteiger partial charge in [0.05, 0.1) is 0 Å². The molecule has 1 N–H and O–H groups in total. The van der Waals surface area contributed by atoms with Crippen LogP contribution in [0.25, 0.3) is 0 Å². The molecule has 0 heterocycles. The quantitative estimate of drug-likeness (QED) is 0.572. The highest BCUT2D eigenvalue weighted by Crippen LogP contribution is 2.61. The predicted octanol–water partition coefficient (Wildman–Crippen LogP) is 2.96. The fourth-order valence-corrected chi connectivity index (χ4v) is 2.10. The molecule has 0 amide bonds. The van der Waals surface area contributed by atoms with Gasteiger partial charge in [0.2, 0.25) is 5.85 Å². The molecule has 0 unspecified atom stereocenters. The maximum atomic E-state index is 13.2. The van der Waals surface area contributed by atoms with E-state index in [9.17, 15) is 39.7 Å². The molecule has 0 rings (SSSR count). The third-order valence-corrected chi connectivity index (χ3v) is 4.19. The molecule has 4 nitrogen and oxygen atoms in total. The molecule has 0 aliphatic rings. The average molecular weight is 340 g/mol. The van der Waals surface area contributed by atoms with Crippen molar-refractivity contribution in [2.75, 3.05) is 14.2 Å². The Morgan fingerprint density at radius 2 is 1.30 bits per heavy atom. The van der Waals surface area contributed by atoms with E-state index in [-0.39, 0.29) is 0 Å². The molecule has 20 heavy (non-hydrogen) atoms. The lowest BCUT2D eigenvalue weighted by Crippen LogP contribution is -2.61. The van der Waals surface area contributed by atoms with E-state index in [1.54, 1.807) is 0 Å². The van der Waals surface area contributed by atoms with Gasteiger partial charge in [-0.15, -0.1) is 0 Å². The molecule has 0 saturated heterocycles. The molecule has 122 valence electrons. The molecule has 0 aromatic carbocycles. The van der Waals surface area contributed by atoms with Crippen LogP contribution in [0.1, 0.15) is 0 Å². The van der Waals surface area contributed by atoms with Crippen LogP contribution in [-0.2, 0) is 13.6 Å². The highest BCUT2D eigenvalue weighted by Gasteiger charge is 2.79. The average Bonchev–Trinajstić information content (AvgIpc) is 2.36. The lowest BCUT2D eigenvalue weighted by molar-refractivity contribution is -0.349. The molecule has 0 aromatic heterocycles. The first-order valence-corrected chi connectivity index (χ1v) is 6.14. The summed E-state index contributed by atoms with van der Waals surface area (Å²) in [6.07, 6.45) is -5.15. The second-order valence-corrected chi connectivity index (χ2v) is 5.70. The largest absolute Gasteiger partial charge is 0.381 e. The Morgan fingerprint density at radius 1 is 0.950 bits per heavy atom. The molecule has 0 bridgehead atoms. The van der Waals surface area contributed by atoms with Crippen LogP contribution in [0.3, 0.4) is 0 Å². The summed E-state index contributed by atoms with van der Waals surface area (Å²) in [5, 5.41) is 8.86. The number of aliphatic hydroxyl groups is 1. The molecule has 1 atom stereocenters. The van der Waals surface area contributed by atoms with Crippen molar-refractivity contribution in [3.8, 4) is 0 Å². The van der Waals surface area contributed by atoms with Crippen molar-refractivity contribution in [3.63, 3.8) is 0 Å². The van der Waals surface area contributed by atoms with E-state index in [4.69, 9.17) is 5.11 Å². The first kappa shape index (κ1) is 19.6. The van der Waals surface area contributed by atoms with E-state index < -0.39 is 37.6 Å². The lowest BCUT2D eigenvalue weighted by atomic mass is 10.1. The van der Waals surface area contributed by atoms with Crippen molar-refractivity contribution in [1.29, 1.82) is 0 Å². The molecule has 0 radical (unpaired) electrons. The normalized spacial score (nSPS) is 16.6. The fourth-order valence-electron chi connectivity index (χ4n) is 0.994. The summed E-state index contributed by atoms with van der Waals surface area (Å²) in [5.74, 6) is -23.5. The SMILES string of the molecule is COP(=O)(OC)[C@@H](O)C(F)(F)C(F)(F)C(F)(F)C(F)F. The number of rotatable bonds is 7. The molecule has 0 saturated carbocycles. The number of alkyl halides is 8. The van der Waals surface area contributed by atoms with E-state index >= 15 is 0 Å². The lowest BCUT2D eigenvalue weighted by Gasteiger charge is -2.35. The van der Waals surface area contributed by atoms with E-state index in [0.29, 0.717) is 14.2 Å². The van der Waals surface area contributed by atoms with E-state index in [2.05, 4.69) is 9.05 Å². The Bertz CT molecular complexity index is 379. The molecule has 0 fully saturated rings. The molecule has 13 heteroatoms. The molecule has 0 spiro atoms. The third-order valence-electron chi connectivity index (χ3n) is 2.24. The highest BCUT2D eigenvalue weighted by atomic mass is 31.2. The van der Waals surface area contributed by atoms with Crippen LogP contribution in [0, 0.1) is 0 Å². The van der Waals surface area contributed by atoms with Gasteiger partial charge in [0.25, 0.3) is 0 Å². The number of hydrogen-bond acceptors (Lipinski definition) is 4.